The van der Waals surface area contributed by atoms with Gasteiger partial charge in [0.2, 0.25) is 10.0 Å². The first kappa shape index (κ1) is 17.4. The maximum atomic E-state index is 13.5. The average Bonchev–Trinajstić information content (AvgIpc) is 2.95. The highest BCUT2D eigenvalue weighted by atomic mass is 35.5. The summed E-state index contributed by atoms with van der Waals surface area (Å²) in [5.74, 6) is -0.397. The van der Waals surface area contributed by atoms with Crippen LogP contribution in [0.2, 0.25) is 5.02 Å². The second-order valence-corrected chi connectivity index (χ2v) is 7.90. The Bertz CT molecular complexity index is 828. The molecule has 0 amide bonds. The Kier molecular flexibility index (Phi) is 5.20. The molecule has 24 heavy (non-hydrogen) atoms. The van der Waals surface area contributed by atoms with Crippen LogP contribution in [0.1, 0.15) is 23.6 Å². The van der Waals surface area contributed by atoms with Gasteiger partial charge in [-0.3, -0.25) is 0 Å². The molecular weight excluding hydrogens is 351 g/mol. The summed E-state index contributed by atoms with van der Waals surface area (Å²) in [7, 11) is -3.49. The van der Waals surface area contributed by atoms with E-state index in [0.29, 0.717) is 6.54 Å². The van der Waals surface area contributed by atoms with Crippen molar-refractivity contribution < 1.29 is 12.8 Å². The van der Waals surface area contributed by atoms with Crippen LogP contribution in [0.15, 0.2) is 47.4 Å². The molecular formula is C17H18ClFN2O2S. The molecule has 1 atom stereocenters. The van der Waals surface area contributed by atoms with Crippen molar-refractivity contribution in [3.8, 4) is 0 Å². The van der Waals surface area contributed by atoms with Crippen molar-refractivity contribution in [3.63, 3.8) is 0 Å². The van der Waals surface area contributed by atoms with Gasteiger partial charge in [0.05, 0.1) is 9.92 Å². The molecule has 2 N–H and O–H groups in total. The Morgan fingerprint density at radius 3 is 2.67 bits per heavy atom. The summed E-state index contributed by atoms with van der Waals surface area (Å²) in [6, 6.07) is 11.5. The number of benzene rings is 2. The molecule has 1 unspecified atom stereocenters. The normalized spacial score (nSPS) is 17.0. The molecule has 2 aromatic carbocycles. The second kappa shape index (κ2) is 7.19. The van der Waals surface area contributed by atoms with Crippen LogP contribution < -0.4 is 10.0 Å². The Hall–Kier alpha value is -1.47. The molecule has 3 rings (SSSR count). The van der Waals surface area contributed by atoms with Crippen LogP contribution in [0, 0.1) is 5.82 Å². The summed E-state index contributed by atoms with van der Waals surface area (Å²) in [4.78, 5) is 0.249. The first-order chi connectivity index (χ1) is 11.5. The van der Waals surface area contributed by atoms with E-state index in [-0.39, 0.29) is 22.5 Å². The Balaban J connectivity index is 1.55. The van der Waals surface area contributed by atoms with Crippen LogP contribution in [0.25, 0.3) is 0 Å². The Morgan fingerprint density at radius 1 is 1.17 bits per heavy atom. The molecule has 1 aliphatic carbocycles. The van der Waals surface area contributed by atoms with Crippen molar-refractivity contribution in [1.82, 2.24) is 10.0 Å². The number of hydrogen-bond donors (Lipinski definition) is 2. The van der Waals surface area contributed by atoms with E-state index in [1.165, 1.54) is 6.07 Å². The molecule has 4 nitrogen and oxygen atoms in total. The molecule has 0 aliphatic heterocycles. The van der Waals surface area contributed by atoms with Crippen molar-refractivity contribution in [2.45, 2.75) is 23.8 Å². The smallest absolute Gasteiger partial charge is 0.240 e. The molecule has 0 spiro atoms. The van der Waals surface area contributed by atoms with E-state index in [2.05, 4.69) is 10.0 Å². The number of fused-ring (bicyclic) bond motifs is 1. The molecule has 7 heteroatoms. The van der Waals surface area contributed by atoms with Gasteiger partial charge < -0.3 is 5.32 Å². The molecule has 0 saturated carbocycles. The fourth-order valence-corrected chi connectivity index (χ4v) is 4.15. The van der Waals surface area contributed by atoms with Gasteiger partial charge in [0.1, 0.15) is 5.82 Å². The molecule has 0 bridgehead atoms. The highest BCUT2D eigenvalue weighted by Crippen LogP contribution is 2.34. The predicted octanol–water partition coefficient (Wildman–Crippen LogP) is 3.03. The summed E-state index contributed by atoms with van der Waals surface area (Å²) < 4.78 is 40.3. The Labute approximate surface area is 146 Å². The summed E-state index contributed by atoms with van der Waals surface area (Å²) in [6.07, 6.45) is 1.64. The number of aryl methyl sites for hydroxylation is 1. The average molecular weight is 369 g/mol. The van der Waals surface area contributed by atoms with Crippen LogP contribution in [0.3, 0.4) is 0 Å². The standard InChI is InChI=1S/C17H18ClFN2O2S/c18-15-11-14-12(10-16(15)19)6-7-17(14)20-8-9-21-24(22,23)13-4-2-1-3-5-13/h1-5,10-11,17,20-21H,6-9H2. The molecule has 128 valence electrons. The van der Waals surface area contributed by atoms with E-state index < -0.39 is 15.8 Å². The van der Waals surface area contributed by atoms with Crippen molar-refractivity contribution in [2.24, 2.45) is 0 Å². The summed E-state index contributed by atoms with van der Waals surface area (Å²) in [5, 5.41) is 3.42. The van der Waals surface area contributed by atoms with Crippen LogP contribution >= 0.6 is 11.6 Å². The third kappa shape index (κ3) is 3.78. The van der Waals surface area contributed by atoms with Gasteiger partial charge in [-0.1, -0.05) is 29.8 Å². The first-order valence-corrected chi connectivity index (χ1v) is 9.59. The minimum Gasteiger partial charge on any atom is -0.309 e. The van der Waals surface area contributed by atoms with Gasteiger partial charge in [-0.2, -0.15) is 0 Å². The van der Waals surface area contributed by atoms with Crippen molar-refractivity contribution in [3.05, 3.63) is 64.4 Å². The number of hydrogen-bond acceptors (Lipinski definition) is 3. The zero-order valence-corrected chi connectivity index (χ0v) is 14.5. The zero-order valence-electron chi connectivity index (χ0n) is 12.9. The Morgan fingerprint density at radius 2 is 1.92 bits per heavy atom. The highest BCUT2D eigenvalue weighted by Gasteiger charge is 2.23. The minimum atomic E-state index is -3.49. The van der Waals surface area contributed by atoms with Gasteiger partial charge in [-0.05, 0) is 48.2 Å². The van der Waals surface area contributed by atoms with Gasteiger partial charge in [-0.25, -0.2) is 17.5 Å². The fourth-order valence-electron chi connectivity index (χ4n) is 2.93. The van der Waals surface area contributed by atoms with Gasteiger partial charge >= 0.3 is 0 Å². The largest absolute Gasteiger partial charge is 0.309 e. The molecule has 0 radical (unpaired) electrons. The second-order valence-electron chi connectivity index (χ2n) is 5.72. The lowest BCUT2D eigenvalue weighted by atomic mass is 10.1. The monoisotopic (exact) mass is 368 g/mol. The fraction of sp³-hybridized carbons (Fsp3) is 0.294. The molecule has 0 heterocycles. The summed E-state index contributed by atoms with van der Waals surface area (Å²) in [6.45, 7) is 0.753. The summed E-state index contributed by atoms with van der Waals surface area (Å²) >= 11 is 5.85. The quantitative estimate of drug-likeness (QED) is 0.770. The topological polar surface area (TPSA) is 58.2 Å². The molecule has 0 aromatic heterocycles. The molecule has 1 aliphatic rings. The summed E-state index contributed by atoms with van der Waals surface area (Å²) in [5.41, 5.74) is 1.95. The third-order valence-corrected chi connectivity index (χ3v) is 5.89. The predicted molar refractivity (Wildman–Crippen MR) is 92.1 cm³/mol. The lowest BCUT2D eigenvalue weighted by molar-refractivity contribution is 0.525. The van der Waals surface area contributed by atoms with Gasteiger partial charge in [0, 0.05) is 19.1 Å². The van der Waals surface area contributed by atoms with Crippen molar-refractivity contribution in [2.75, 3.05) is 13.1 Å². The van der Waals surface area contributed by atoms with E-state index >= 15 is 0 Å². The zero-order chi connectivity index (χ0) is 17.2. The number of nitrogens with one attached hydrogen (secondary N) is 2. The van der Waals surface area contributed by atoms with Crippen LogP contribution in [0.5, 0.6) is 0 Å². The van der Waals surface area contributed by atoms with Crippen LogP contribution in [-0.4, -0.2) is 21.5 Å². The minimum absolute atomic E-state index is 0.0688. The van der Waals surface area contributed by atoms with Crippen molar-refractivity contribution >= 4 is 21.6 Å². The lowest BCUT2D eigenvalue weighted by Gasteiger charge is -2.15. The molecule has 0 saturated heterocycles. The van der Waals surface area contributed by atoms with E-state index in [0.717, 1.165) is 24.0 Å². The lowest BCUT2D eigenvalue weighted by Crippen LogP contribution is -2.33. The van der Waals surface area contributed by atoms with E-state index in [9.17, 15) is 12.8 Å². The van der Waals surface area contributed by atoms with E-state index in [4.69, 9.17) is 11.6 Å². The van der Waals surface area contributed by atoms with Crippen LogP contribution in [-0.2, 0) is 16.4 Å². The van der Waals surface area contributed by atoms with E-state index in [1.807, 2.05) is 0 Å². The number of halogens is 2. The number of rotatable bonds is 6. The maximum absolute atomic E-state index is 13.5. The third-order valence-electron chi connectivity index (χ3n) is 4.12. The van der Waals surface area contributed by atoms with Gasteiger partial charge in [-0.15, -0.1) is 0 Å². The van der Waals surface area contributed by atoms with Crippen LogP contribution in [0.4, 0.5) is 4.39 Å². The molecule has 0 fully saturated rings. The van der Waals surface area contributed by atoms with E-state index in [1.54, 1.807) is 36.4 Å². The van der Waals surface area contributed by atoms with Crippen molar-refractivity contribution in [1.29, 1.82) is 0 Å². The SMILES string of the molecule is O=S(=O)(NCCNC1CCc2cc(F)c(Cl)cc21)c1ccccc1. The van der Waals surface area contributed by atoms with Gasteiger partial charge in [0.15, 0.2) is 0 Å². The first-order valence-electron chi connectivity index (χ1n) is 7.73. The number of sulfonamides is 1. The van der Waals surface area contributed by atoms with Gasteiger partial charge in [0.25, 0.3) is 0 Å². The maximum Gasteiger partial charge on any atom is 0.240 e. The molecule has 2 aromatic rings. The highest BCUT2D eigenvalue weighted by molar-refractivity contribution is 7.89.